The first-order chi connectivity index (χ1) is 22.6. The van der Waals surface area contributed by atoms with Gasteiger partial charge in [-0.15, -0.1) is 0 Å². The lowest BCUT2D eigenvalue weighted by Gasteiger charge is -2.19. The monoisotopic (exact) mass is 615 g/mol. The third-order valence-corrected chi connectivity index (χ3v) is 9.61. The lowest BCUT2D eigenvalue weighted by molar-refractivity contribution is 0.419. The fraction of sp³-hybridized carbons (Fsp3) is 0. The largest absolute Gasteiger partial charge is 0.805 e. The van der Waals surface area contributed by atoms with Crippen LogP contribution in [0.2, 0.25) is 0 Å². The van der Waals surface area contributed by atoms with Crippen LogP contribution >= 0.6 is 8.25 Å². The molecule has 1 heterocycles. The van der Waals surface area contributed by atoms with Gasteiger partial charge in [0.2, 0.25) is 11.5 Å². The van der Waals surface area contributed by atoms with E-state index < -0.39 is 8.25 Å². The molecule has 0 radical (unpaired) electrons. The van der Waals surface area contributed by atoms with Crippen LogP contribution in [0.25, 0.3) is 76.5 Å². The van der Waals surface area contributed by atoms with Gasteiger partial charge >= 0.3 is 8.25 Å². The molecule has 1 aliphatic heterocycles. The minimum Gasteiger partial charge on any atom is -0.507 e. The van der Waals surface area contributed by atoms with E-state index in [-0.39, 0.29) is 23.0 Å². The fourth-order valence-electron chi connectivity index (χ4n) is 6.87. The molecule has 1 aliphatic rings. The van der Waals surface area contributed by atoms with Crippen LogP contribution in [0.5, 0.6) is 23.0 Å². The summed E-state index contributed by atoms with van der Waals surface area (Å²) in [6.45, 7) is 0. The molecule has 9 rings (SSSR count). The highest BCUT2D eigenvalue weighted by molar-refractivity contribution is 7.34. The van der Waals surface area contributed by atoms with Crippen molar-refractivity contribution < 1.29 is 23.8 Å². The standard InChI is InChI=1S/C40H23O5P/c41-37-31-15-7-5-13-29(31)35-36-30-14-6-8-16-32(30)38(42)34(28-20-18-24-10-2-4-12-26(24)22-28)40(36)45-46(43)44-39(35)33(37)27-19-17-23-9-1-3-11-25(23)21-27/h1-22H,(H-,41,42)/p+1. The Bertz CT molecular complexity index is 2410. The van der Waals surface area contributed by atoms with Gasteiger partial charge in [0.1, 0.15) is 11.5 Å². The molecule has 0 saturated carbocycles. The molecule has 46 heavy (non-hydrogen) atoms. The number of rotatable bonds is 2. The van der Waals surface area contributed by atoms with E-state index in [2.05, 4.69) is 0 Å². The Balaban J connectivity index is 1.46. The molecule has 0 amide bonds. The number of benzene rings is 8. The Hall–Kier alpha value is -5.90. The van der Waals surface area contributed by atoms with Crippen LogP contribution in [0.15, 0.2) is 133 Å². The second-order valence-electron chi connectivity index (χ2n) is 11.5. The molecular weight excluding hydrogens is 591 g/mol. The summed E-state index contributed by atoms with van der Waals surface area (Å²) in [5.41, 5.74) is 3.52. The van der Waals surface area contributed by atoms with Gasteiger partial charge < -0.3 is 10.2 Å². The van der Waals surface area contributed by atoms with Crippen LogP contribution < -0.4 is 9.05 Å². The zero-order valence-corrected chi connectivity index (χ0v) is 25.2. The number of fused-ring (bicyclic) bond motifs is 9. The normalized spacial score (nSPS) is 12.5. The van der Waals surface area contributed by atoms with Crippen molar-refractivity contribution in [1.29, 1.82) is 0 Å². The number of aromatic hydroxyl groups is 2. The summed E-state index contributed by atoms with van der Waals surface area (Å²) in [4.78, 5) is 0. The molecule has 0 unspecified atom stereocenters. The van der Waals surface area contributed by atoms with Crippen molar-refractivity contribution in [2.75, 3.05) is 0 Å². The van der Waals surface area contributed by atoms with Crippen molar-refractivity contribution in [1.82, 2.24) is 0 Å². The summed E-state index contributed by atoms with van der Waals surface area (Å²) in [6.07, 6.45) is 0. The zero-order chi connectivity index (χ0) is 30.9. The minimum absolute atomic E-state index is 0.0225. The summed E-state index contributed by atoms with van der Waals surface area (Å²) in [5, 5.41) is 30.5. The van der Waals surface area contributed by atoms with Gasteiger partial charge in [-0.25, -0.2) is 9.05 Å². The zero-order valence-electron chi connectivity index (χ0n) is 24.3. The molecule has 0 aliphatic carbocycles. The highest BCUT2D eigenvalue weighted by Crippen LogP contribution is 2.61. The summed E-state index contributed by atoms with van der Waals surface area (Å²) < 4.78 is 26.3. The van der Waals surface area contributed by atoms with E-state index in [1.54, 1.807) is 0 Å². The molecule has 6 heteroatoms. The maximum Gasteiger partial charge on any atom is 0.805 e. The second-order valence-corrected chi connectivity index (χ2v) is 12.3. The van der Waals surface area contributed by atoms with Gasteiger partial charge in [0, 0.05) is 26.5 Å². The van der Waals surface area contributed by atoms with Crippen molar-refractivity contribution in [2.24, 2.45) is 0 Å². The molecule has 0 fully saturated rings. The molecule has 0 bridgehead atoms. The molecule has 8 aromatic carbocycles. The molecule has 2 N–H and O–H groups in total. The Morgan fingerprint density at radius 2 is 0.783 bits per heavy atom. The van der Waals surface area contributed by atoms with E-state index in [1.807, 2.05) is 133 Å². The maximum atomic E-state index is 13.8. The minimum atomic E-state index is -2.78. The van der Waals surface area contributed by atoms with Gasteiger partial charge in [-0.2, -0.15) is 0 Å². The predicted molar refractivity (Wildman–Crippen MR) is 185 cm³/mol. The van der Waals surface area contributed by atoms with Gasteiger partial charge in [0.25, 0.3) is 0 Å². The Morgan fingerprint density at radius 3 is 1.22 bits per heavy atom. The Kier molecular flexibility index (Phi) is 5.80. The van der Waals surface area contributed by atoms with Crippen LogP contribution in [0.1, 0.15) is 0 Å². The van der Waals surface area contributed by atoms with Crippen molar-refractivity contribution in [3.63, 3.8) is 0 Å². The first-order valence-electron chi connectivity index (χ1n) is 14.9. The van der Waals surface area contributed by atoms with Crippen molar-refractivity contribution in [2.45, 2.75) is 0 Å². The van der Waals surface area contributed by atoms with E-state index in [9.17, 15) is 14.8 Å². The molecule has 0 atom stereocenters. The third kappa shape index (κ3) is 3.89. The van der Waals surface area contributed by atoms with Crippen LogP contribution in [0.3, 0.4) is 0 Å². The van der Waals surface area contributed by atoms with Crippen LogP contribution in [0.4, 0.5) is 0 Å². The first-order valence-corrected chi connectivity index (χ1v) is 16.0. The Morgan fingerprint density at radius 1 is 0.413 bits per heavy atom. The van der Waals surface area contributed by atoms with Crippen molar-refractivity contribution >= 4 is 51.3 Å². The van der Waals surface area contributed by atoms with Crippen LogP contribution in [-0.4, -0.2) is 10.2 Å². The van der Waals surface area contributed by atoms with Crippen molar-refractivity contribution in [3.8, 4) is 56.4 Å². The quantitative estimate of drug-likeness (QED) is 0.189. The highest BCUT2D eigenvalue weighted by Gasteiger charge is 2.41. The van der Waals surface area contributed by atoms with Gasteiger partial charge in [-0.3, -0.25) is 0 Å². The lowest BCUT2D eigenvalue weighted by atomic mass is 9.85. The fourth-order valence-corrected chi connectivity index (χ4v) is 7.57. The summed E-state index contributed by atoms with van der Waals surface area (Å²) in [5.74, 6) is 0.557. The van der Waals surface area contributed by atoms with E-state index in [4.69, 9.17) is 9.05 Å². The van der Waals surface area contributed by atoms with Gasteiger partial charge in [0.15, 0.2) is 0 Å². The van der Waals surface area contributed by atoms with Crippen molar-refractivity contribution in [3.05, 3.63) is 133 Å². The molecule has 0 saturated heterocycles. The summed E-state index contributed by atoms with van der Waals surface area (Å²) in [6, 6.07) is 43.0. The lowest BCUT2D eigenvalue weighted by Crippen LogP contribution is -1.94. The summed E-state index contributed by atoms with van der Waals surface area (Å²) >= 11 is 0. The van der Waals surface area contributed by atoms with Gasteiger partial charge in [-0.05, 0) is 55.6 Å². The molecule has 5 nitrogen and oxygen atoms in total. The average Bonchev–Trinajstić information content (AvgIpc) is 3.24. The summed E-state index contributed by atoms with van der Waals surface area (Å²) in [7, 11) is -2.78. The Labute approximate surface area is 264 Å². The molecular formula is C40H24O5P+. The van der Waals surface area contributed by atoms with Gasteiger partial charge in [-0.1, -0.05) is 121 Å². The average molecular weight is 616 g/mol. The smallest absolute Gasteiger partial charge is 0.507 e. The maximum absolute atomic E-state index is 13.8. The number of phenols is 2. The van der Waals surface area contributed by atoms with Crippen LogP contribution in [-0.2, 0) is 4.57 Å². The van der Waals surface area contributed by atoms with Gasteiger partial charge in [0.05, 0.1) is 11.1 Å². The second kappa shape index (κ2) is 10.1. The molecule has 8 aromatic rings. The first kappa shape index (κ1) is 26.5. The third-order valence-electron chi connectivity index (χ3n) is 8.94. The number of phenolic OH excluding ortho intramolecular Hbond substituents is 2. The molecule has 0 spiro atoms. The van der Waals surface area contributed by atoms with E-state index in [0.29, 0.717) is 54.9 Å². The number of hydrogen-bond donors (Lipinski definition) is 2. The predicted octanol–water partition coefficient (Wildman–Crippen LogP) is 11.1. The van der Waals surface area contributed by atoms with E-state index in [0.717, 1.165) is 21.5 Å². The molecule has 218 valence electrons. The van der Waals surface area contributed by atoms with E-state index in [1.165, 1.54) is 0 Å². The van der Waals surface area contributed by atoms with E-state index >= 15 is 0 Å². The SMILES string of the molecule is O=[P+]1Oc2c(-c3ccc4ccccc4c3)c(O)c3ccccc3c2-c2c(c(-c3ccc4ccccc4c3)c(O)c3ccccc23)O1. The number of hydrogen-bond acceptors (Lipinski definition) is 5. The van der Waals surface area contributed by atoms with Crippen LogP contribution in [0, 0.1) is 0 Å². The highest BCUT2D eigenvalue weighted by atomic mass is 31.1. The topological polar surface area (TPSA) is 76.0 Å². The molecule has 0 aromatic heterocycles.